The fourth-order valence-electron chi connectivity index (χ4n) is 8.40. The molecule has 0 aromatic heterocycles. The minimum atomic E-state index is -1.54. The van der Waals surface area contributed by atoms with Crippen LogP contribution >= 0.6 is 0 Å². The molecule has 4 aliphatic rings. The number of alkyl carbamates (subject to hydrolysis) is 1. The average molecular weight is 643 g/mol. The molecule has 46 heavy (non-hydrogen) atoms. The highest BCUT2D eigenvalue weighted by molar-refractivity contribution is 5.93. The predicted molar refractivity (Wildman–Crippen MR) is 168 cm³/mol. The second-order valence-electron chi connectivity index (χ2n) is 14.7. The maximum absolute atomic E-state index is 14.3. The highest BCUT2D eigenvalue weighted by Crippen LogP contribution is 2.62. The first-order valence-corrected chi connectivity index (χ1v) is 16.4. The number of fused-ring (bicyclic) bond motifs is 5. The van der Waals surface area contributed by atoms with E-state index in [1.165, 1.54) is 0 Å². The van der Waals surface area contributed by atoms with Crippen molar-refractivity contribution in [2.75, 3.05) is 20.3 Å². The van der Waals surface area contributed by atoms with Gasteiger partial charge in [0.15, 0.2) is 5.78 Å². The van der Waals surface area contributed by atoms with Crippen LogP contribution in [0.1, 0.15) is 78.8 Å². The number of rotatable bonds is 9. The van der Waals surface area contributed by atoms with Crippen LogP contribution in [-0.4, -0.2) is 78.3 Å². The molecule has 9 atom stereocenters. The Kier molecular flexibility index (Phi) is 9.75. The van der Waals surface area contributed by atoms with Crippen LogP contribution in [0, 0.1) is 28.6 Å². The Hall–Kier alpha value is -2.83. The molecule has 1 saturated heterocycles. The Morgan fingerprint density at radius 1 is 1.11 bits per heavy atom. The number of hydrogen-bond acceptors (Lipinski definition) is 10. The van der Waals surface area contributed by atoms with Crippen LogP contribution in [0.2, 0.25) is 0 Å². The lowest BCUT2D eigenvalue weighted by atomic mass is 9.47. The largest absolute Gasteiger partial charge is 0.458 e. The van der Waals surface area contributed by atoms with Gasteiger partial charge in [0.1, 0.15) is 17.8 Å². The van der Waals surface area contributed by atoms with Gasteiger partial charge in [-0.3, -0.25) is 14.4 Å². The van der Waals surface area contributed by atoms with Gasteiger partial charge in [-0.25, -0.2) is 10.3 Å². The minimum absolute atomic E-state index is 0.0143. The van der Waals surface area contributed by atoms with E-state index in [-0.39, 0.29) is 43.3 Å². The maximum atomic E-state index is 14.3. The Morgan fingerprint density at radius 2 is 1.80 bits per heavy atom. The first-order valence-electron chi connectivity index (χ1n) is 16.4. The Morgan fingerprint density at radius 3 is 2.41 bits per heavy atom. The molecule has 1 aromatic carbocycles. The topological polar surface area (TPSA) is 153 Å². The van der Waals surface area contributed by atoms with Gasteiger partial charge in [0.05, 0.1) is 43.3 Å². The van der Waals surface area contributed by atoms with Crippen molar-refractivity contribution >= 4 is 17.8 Å². The Labute approximate surface area is 271 Å². The first-order chi connectivity index (χ1) is 21.7. The van der Waals surface area contributed by atoms with E-state index in [1.54, 1.807) is 20.9 Å². The monoisotopic (exact) mass is 642 g/mol. The molecule has 5 rings (SSSR count). The summed E-state index contributed by atoms with van der Waals surface area (Å²) >= 11 is 0. The Bertz CT molecular complexity index is 1350. The number of hydrogen-bond donors (Lipinski definition) is 4. The summed E-state index contributed by atoms with van der Waals surface area (Å²) in [5.74, 6) is -1.18. The van der Waals surface area contributed by atoms with E-state index < -0.39 is 58.6 Å². The number of aliphatic hydroxyl groups is 2. The van der Waals surface area contributed by atoms with Crippen LogP contribution in [0.25, 0.3) is 0 Å². The fourth-order valence-corrected chi connectivity index (χ4v) is 8.40. The van der Waals surface area contributed by atoms with Crippen LogP contribution in [-0.2, 0) is 28.6 Å². The predicted octanol–water partition coefficient (Wildman–Crippen LogP) is 3.78. The molecule has 2 bridgehead atoms. The molecule has 1 amide bonds. The Balaban J connectivity index is 1.48. The van der Waals surface area contributed by atoms with E-state index in [2.05, 4.69) is 10.8 Å². The highest BCUT2D eigenvalue weighted by Gasteiger charge is 2.68. The van der Waals surface area contributed by atoms with Gasteiger partial charge in [-0.2, -0.15) is 0 Å². The smallest absolute Gasteiger partial charge is 0.407 e. The van der Waals surface area contributed by atoms with Gasteiger partial charge in [0.2, 0.25) is 0 Å². The molecule has 4 N–H and O–H groups in total. The lowest BCUT2D eigenvalue weighted by Gasteiger charge is -2.62. The van der Waals surface area contributed by atoms with Crippen LogP contribution in [0.4, 0.5) is 4.79 Å². The molecule has 2 saturated carbocycles. The average Bonchev–Trinajstić information content (AvgIpc) is 2.98. The van der Waals surface area contributed by atoms with Crippen molar-refractivity contribution < 1.29 is 43.6 Å². The molecule has 0 spiro atoms. The van der Waals surface area contributed by atoms with Crippen molar-refractivity contribution in [2.45, 2.75) is 103 Å². The van der Waals surface area contributed by atoms with E-state index >= 15 is 0 Å². The molecular formula is C35H50N2O9. The third-order valence-electron chi connectivity index (χ3n) is 11.2. The summed E-state index contributed by atoms with van der Waals surface area (Å²) in [6, 6.07) is 8.43. The van der Waals surface area contributed by atoms with Gasteiger partial charge in [0, 0.05) is 31.2 Å². The van der Waals surface area contributed by atoms with Gasteiger partial charge < -0.3 is 29.7 Å². The van der Waals surface area contributed by atoms with Crippen molar-refractivity contribution in [1.82, 2.24) is 10.8 Å². The van der Waals surface area contributed by atoms with Crippen molar-refractivity contribution in [3.63, 3.8) is 0 Å². The van der Waals surface area contributed by atoms with E-state index in [4.69, 9.17) is 19.0 Å². The third kappa shape index (κ3) is 5.89. The maximum Gasteiger partial charge on any atom is 0.407 e. The molecule has 3 aliphatic carbocycles. The van der Waals surface area contributed by atoms with Gasteiger partial charge in [-0.05, 0) is 48.8 Å². The van der Waals surface area contributed by atoms with Crippen molar-refractivity contribution in [3.05, 3.63) is 47.0 Å². The van der Waals surface area contributed by atoms with Crippen LogP contribution in [0.3, 0.4) is 0 Å². The number of hydroxylamine groups is 1. The zero-order chi connectivity index (χ0) is 33.6. The SMILES string of the molecule is CNO[C@@]12CC3[C@@H]4CO[C@@H]4C[C@H](O)[C@@]3(C)C(=O)[C@H](O)C(=C(C)[C@@H](OC(=O)C[C@@H](NC(=O)OCC(C)C)c3ccccc3)C1)C2(C)C. The molecule has 1 heterocycles. The zero-order valence-corrected chi connectivity index (χ0v) is 28.0. The minimum Gasteiger partial charge on any atom is -0.458 e. The van der Waals surface area contributed by atoms with Crippen molar-refractivity contribution in [2.24, 2.45) is 28.6 Å². The number of aliphatic hydroxyl groups excluding tert-OH is 2. The van der Waals surface area contributed by atoms with E-state index in [0.717, 1.165) is 5.56 Å². The number of nitrogens with one attached hydrogen (secondary N) is 2. The number of ketones is 1. The number of esters is 1. The van der Waals surface area contributed by atoms with Gasteiger partial charge in [0.25, 0.3) is 0 Å². The summed E-state index contributed by atoms with van der Waals surface area (Å²) in [4.78, 5) is 47.0. The zero-order valence-electron chi connectivity index (χ0n) is 28.0. The molecule has 11 heteroatoms. The number of carbonyl (C=O) groups is 3. The molecule has 1 aliphatic heterocycles. The second-order valence-corrected chi connectivity index (χ2v) is 14.7. The summed E-state index contributed by atoms with van der Waals surface area (Å²) in [6.07, 6.45) is -3.35. The van der Waals surface area contributed by atoms with E-state index in [0.29, 0.717) is 30.6 Å². The number of benzene rings is 1. The molecule has 0 radical (unpaired) electrons. The number of Topliss-reactive ketones (excluding diaryl/α,β-unsaturated/α-hetero) is 1. The molecule has 11 nitrogen and oxygen atoms in total. The lowest BCUT2D eigenvalue weighted by Crippen LogP contribution is -2.69. The summed E-state index contributed by atoms with van der Waals surface area (Å²) in [5.41, 5.74) is 1.52. The number of amides is 1. The summed E-state index contributed by atoms with van der Waals surface area (Å²) in [7, 11) is 1.66. The quantitative estimate of drug-likeness (QED) is 0.178. The number of ether oxygens (including phenoxy) is 3. The molecular weight excluding hydrogens is 592 g/mol. The lowest BCUT2D eigenvalue weighted by molar-refractivity contribution is -0.257. The fraction of sp³-hybridized carbons (Fsp3) is 0.686. The van der Waals surface area contributed by atoms with E-state index in [9.17, 15) is 24.6 Å². The van der Waals surface area contributed by atoms with Crippen LogP contribution in [0.5, 0.6) is 0 Å². The molecule has 254 valence electrons. The van der Waals surface area contributed by atoms with Crippen LogP contribution in [0.15, 0.2) is 41.5 Å². The van der Waals surface area contributed by atoms with Gasteiger partial charge in [-0.1, -0.05) is 58.0 Å². The highest BCUT2D eigenvalue weighted by atomic mass is 16.7. The van der Waals surface area contributed by atoms with Crippen LogP contribution < -0.4 is 10.8 Å². The third-order valence-corrected chi connectivity index (χ3v) is 11.2. The second kappa shape index (κ2) is 13.0. The summed E-state index contributed by atoms with van der Waals surface area (Å²) < 4.78 is 17.3. The number of carbonyl (C=O) groups excluding carboxylic acids is 3. The normalized spacial score (nSPS) is 35.6. The van der Waals surface area contributed by atoms with Gasteiger partial charge in [-0.15, -0.1) is 0 Å². The van der Waals surface area contributed by atoms with Crippen molar-refractivity contribution in [3.8, 4) is 0 Å². The summed E-state index contributed by atoms with van der Waals surface area (Å²) in [6.45, 7) is 12.0. The van der Waals surface area contributed by atoms with Crippen molar-refractivity contribution in [1.29, 1.82) is 0 Å². The van der Waals surface area contributed by atoms with Gasteiger partial charge >= 0.3 is 12.1 Å². The summed E-state index contributed by atoms with van der Waals surface area (Å²) in [5, 5.41) is 26.0. The first kappa shape index (κ1) is 34.5. The standard InChI is InChI=1S/C35H50N2O9/c1-19(2)17-44-32(42)37-24(21-11-9-8-10-12-21)13-28(39)45-26-16-35(46-36-7)15-23-22-18-43-25(22)14-27(38)34(23,6)31(41)30(40)29(20(26)3)33(35,4)5/h8-12,19,22-27,30,36,38,40H,13-18H2,1-7H3,(H,37,42)/t22-,23?,24+,25+,26-,27-,30+,34-,35-/m0/s1. The molecule has 1 unspecified atom stereocenters. The molecule has 3 fully saturated rings. The molecule has 1 aromatic rings. The van der Waals surface area contributed by atoms with E-state index in [1.807, 2.05) is 58.0 Å².